The van der Waals surface area contributed by atoms with Crippen molar-refractivity contribution in [3.05, 3.63) is 65.7 Å². The zero-order valence-electron chi connectivity index (χ0n) is 18.5. The Morgan fingerprint density at radius 2 is 1.57 bits per heavy atom. The van der Waals surface area contributed by atoms with E-state index in [0.29, 0.717) is 0 Å². The Labute approximate surface area is 177 Å². The van der Waals surface area contributed by atoms with E-state index >= 15 is 0 Å². The minimum Gasteiger partial charge on any atom is -0.493 e. The number of Topliss-reactive ketones (excluding diaryl/α,β-unsaturated/α-hetero) is 1. The Kier molecular flexibility index (Phi) is 12.2. The summed E-state index contributed by atoms with van der Waals surface area (Å²) in [7, 11) is 3.28. The molecule has 0 unspecified atom stereocenters. The summed E-state index contributed by atoms with van der Waals surface area (Å²) in [5.41, 5.74) is 1.54. The van der Waals surface area contributed by atoms with Crippen molar-refractivity contribution in [1.82, 2.24) is 0 Å². The van der Waals surface area contributed by atoms with Crippen LogP contribution in [0.3, 0.4) is 0 Å². The fraction of sp³-hybridized carbons (Fsp3) is 0.375. The second-order valence-electron chi connectivity index (χ2n) is 6.06. The number of carbonyl (C=O) groups excluding carboxylic acids is 1. The molecule has 166 valence electrons. The Bertz CT molecular complexity index is 812. The van der Waals surface area contributed by atoms with E-state index < -0.39 is 11.7 Å². The van der Waals surface area contributed by atoms with Crippen LogP contribution in [0.2, 0.25) is 0 Å². The van der Waals surface area contributed by atoms with Crippen molar-refractivity contribution in [2.75, 3.05) is 14.2 Å². The van der Waals surface area contributed by atoms with Gasteiger partial charge in [0.1, 0.15) is 0 Å². The molecule has 30 heavy (non-hydrogen) atoms. The summed E-state index contributed by atoms with van der Waals surface area (Å²) in [5.74, 6) is 1.14. The van der Waals surface area contributed by atoms with E-state index in [-0.39, 0.29) is 11.3 Å². The summed E-state index contributed by atoms with van der Waals surface area (Å²) in [5, 5.41) is 0. The third-order valence-electron chi connectivity index (χ3n) is 3.94. The zero-order chi connectivity index (χ0) is 23.3. The molecule has 0 aliphatic carbocycles. The monoisotopic (exact) mass is 424 g/mol. The molecule has 2 aromatic rings. The number of alkyl halides is 3. The van der Waals surface area contributed by atoms with Crippen LogP contribution in [0, 0.1) is 0 Å². The number of rotatable bonds is 6. The van der Waals surface area contributed by atoms with Gasteiger partial charge < -0.3 is 9.47 Å². The van der Waals surface area contributed by atoms with Crippen molar-refractivity contribution >= 4 is 11.4 Å². The van der Waals surface area contributed by atoms with Crippen LogP contribution in [0.1, 0.15) is 62.0 Å². The van der Waals surface area contributed by atoms with Crippen LogP contribution in [0.25, 0.3) is 5.57 Å². The van der Waals surface area contributed by atoms with E-state index in [4.69, 9.17) is 9.47 Å². The molecular weight excluding hydrogens is 393 g/mol. The molecule has 0 radical (unpaired) electrons. The lowest BCUT2D eigenvalue weighted by Crippen LogP contribution is -2.06. The number of ether oxygens (including phenoxy) is 2. The quantitative estimate of drug-likeness (QED) is 0.452. The van der Waals surface area contributed by atoms with E-state index in [1.165, 1.54) is 19.1 Å². The van der Waals surface area contributed by atoms with Crippen LogP contribution in [-0.4, -0.2) is 20.0 Å². The van der Waals surface area contributed by atoms with Gasteiger partial charge in [0.2, 0.25) is 0 Å². The molecule has 0 amide bonds. The van der Waals surface area contributed by atoms with Gasteiger partial charge >= 0.3 is 6.18 Å². The summed E-state index contributed by atoms with van der Waals surface area (Å²) in [6, 6.07) is 10.3. The van der Waals surface area contributed by atoms with Gasteiger partial charge in [-0.05, 0) is 48.7 Å². The molecule has 0 fully saturated rings. The van der Waals surface area contributed by atoms with E-state index in [9.17, 15) is 18.0 Å². The Hall–Kier alpha value is -2.76. The molecule has 0 spiro atoms. The highest BCUT2D eigenvalue weighted by molar-refractivity contribution is 5.94. The topological polar surface area (TPSA) is 35.5 Å². The fourth-order valence-electron chi connectivity index (χ4n) is 2.42. The highest BCUT2D eigenvalue weighted by Crippen LogP contribution is 2.31. The predicted molar refractivity (Wildman–Crippen MR) is 116 cm³/mol. The zero-order valence-corrected chi connectivity index (χ0v) is 18.5. The minimum atomic E-state index is -4.38. The number of halogens is 3. The van der Waals surface area contributed by atoms with Crippen molar-refractivity contribution in [3.63, 3.8) is 0 Å². The molecule has 0 aromatic heterocycles. The molecule has 2 rings (SSSR count). The standard InChI is InChI=1S/C13H18O2.C9H7F3O.C2H6/c1-5-6-10(2)11-7-8-12(14-3)13(9-11)15-4;1-6(13)7-3-2-4-8(5-7)9(10,11)12;1-2/h7-9H,2,5-6H2,1,3-4H3;2-5H,1H3;1-2H3. The van der Waals surface area contributed by atoms with Crippen molar-refractivity contribution in [2.24, 2.45) is 0 Å². The molecule has 0 aliphatic rings. The average molecular weight is 425 g/mol. The molecule has 0 N–H and O–H groups in total. The molecule has 2 aromatic carbocycles. The molecule has 6 heteroatoms. The minimum absolute atomic E-state index is 0.0785. The average Bonchev–Trinajstić information content (AvgIpc) is 2.74. The Morgan fingerprint density at radius 1 is 0.967 bits per heavy atom. The maximum atomic E-state index is 12.1. The smallest absolute Gasteiger partial charge is 0.416 e. The van der Waals surface area contributed by atoms with Gasteiger partial charge in [0.15, 0.2) is 17.3 Å². The maximum Gasteiger partial charge on any atom is 0.416 e. The number of benzene rings is 2. The van der Waals surface area contributed by atoms with E-state index in [1.807, 2.05) is 32.0 Å². The second kappa shape index (κ2) is 13.5. The maximum absolute atomic E-state index is 12.1. The third kappa shape index (κ3) is 8.72. The molecule has 0 saturated carbocycles. The third-order valence-corrected chi connectivity index (χ3v) is 3.94. The van der Waals surface area contributed by atoms with Crippen molar-refractivity contribution < 1.29 is 27.4 Å². The Balaban J connectivity index is 0.000000522. The SMILES string of the molecule is C=C(CCC)c1ccc(OC)c(OC)c1.CC.CC(=O)c1cccc(C(F)(F)F)c1. The number of hydrogen-bond donors (Lipinski definition) is 0. The number of allylic oxidation sites excluding steroid dienone is 1. The molecule has 0 saturated heterocycles. The van der Waals surface area contributed by atoms with Gasteiger partial charge in [0.25, 0.3) is 0 Å². The summed E-state index contributed by atoms with van der Waals surface area (Å²) in [6.07, 6.45) is -2.27. The van der Waals surface area contributed by atoms with E-state index in [0.717, 1.165) is 47.6 Å². The summed E-state index contributed by atoms with van der Waals surface area (Å²) < 4.78 is 46.8. The predicted octanol–water partition coefficient (Wildman–Crippen LogP) is 7.45. The largest absolute Gasteiger partial charge is 0.493 e. The van der Waals surface area contributed by atoms with Crippen molar-refractivity contribution in [2.45, 2.75) is 46.7 Å². The van der Waals surface area contributed by atoms with Crippen LogP contribution >= 0.6 is 0 Å². The van der Waals surface area contributed by atoms with Gasteiger partial charge in [-0.1, -0.05) is 52.0 Å². The number of ketones is 1. The molecule has 0 bridgehead atoms. The van der Waals surface area contributed by atoms with Gasteiger partial charge in [0.05, 0.1) is 19.8 Å². The molecule has 3 nitrogen and oxygen atoms in total. The molecule has 0 aliphatic heterocycles. The molecule has 0 heterocycles. The van der Waals surface area contributed by atoms with Crippen LogP contribution < -0.4 is 9.47 Å². The highest BCUT2D eigenvalue weighted by Gasteiger charge is 2.30. The first-order valence-corrected chi connectivity index (χ1v) is 9.72. The lowest BCUT2D eigenvalue weighted by molar-refractivity contribution is -0.137. The van der Waals surface area contributed by atoms with Crippen LogP contribution in [0.15, 0.2) is 49.0 Å². The summed E-state index contributed by atoms with van der Waals surface area (Å²) in [6.45, 7) is 11.4. The van der Waals surface area contributed by atoms with E-state index in [2.05, 4.69) is 13.5 Å². The first-order chi connectivity index (χ1) is 14.1. The lowest BCUT2D eigenvalue weighted by Gasteiger charge is -2.10. The first-order valence-electron chi connectivity index (χ1n) is 9.72. The van der Waals surface area contributed by atoms with E-state index in [1.54, 1.807) is 14.2 Å². The molecular formula is C24H31F3O3. The van der Waals surface area contributed by atoms with Crippen molar-refractivity contribution in [1.29, 1.82) is 0 Å². The van der Waals surface area contributed by atoms with Crippen LogP contribution in [0.5, 0.6) is 11.5 Å². The summed E-state index contributed by atoms with van der Waals surface area (Å²) in [4.78, 5) is 10.8. The first kappa shape index (κ1) is 27.2. The van der Waals surface area contributed by atoms with Crippen LogP contribution in [0.4, 0.5) is 13.2 Å². The lowest BCUT2D eigenvalue weighted by atomic mass is 10.0. The second-order valence-corrected chi connectivity index (χ2v) is 6.06. The van der Waals surface area contributed by atoms with Gasteiger partial charge in [-0.3, -0.25) is 4.79 Å². The highest BCUT2D eigenvalue weighted by atomic mass is 19.4. The number of carbonyl (C=O) groups is 1. The number of hydrogen-bond acceptors (Lipinski definition) is 3. The van der Waals surface area contributed by atoms with Gasteiger partial charge in [-0.25, -0.2) is 0 Å². The van der Waals surface area contributed by atoms with Crippen LogP contribution in [-0.2, 0) is 6.18 Å². The molecule has 0 atom stereocenters. The Morgan fingerprint density at radius 3 is 2.03 bits per heavy atom. The number of methoxy groups -OCH3 is 2. The normalized spacial score (nSPS) is 10.0. The van der Waals surface area contributed by atoms with Gasteiger partial charge in [0, 0.05) is 5.56 Å². The van der Waals surface area contributed by atoms with Gasteiger partial charge in [-0.15, -0.1) is 0 Å². The van der Waals surface area contributed by atoms with Gasteiger partial charge in [-0.2, -0.15) is 13.2 Å². The fourth-order valence-corrected chi connectivity index (χ4v) is 2.42. The van der Waals surface area contributed by atoms with Crippen molar-refractivity contribution in [3.8, 4) is 11.5 Å². The summed E-state index contributed by atoms with van der Waals surface area (Å²) >= 11 is 0.